The lowest BCUT2D eigenvalue weighted by Gasteiger charge is -2.30. The van der Waals surface area contributed by atoms with E-state index in [9.17, 15) is 19.7 Å². The Hall–Kier alpha value is -5.45. The van der Waals surface area contributed by atoms with Crippen LogP contribution in [0.15, 0.2) is 96.3 Å². The molecule has 4 aromatic rings. The van der Waals surface area contributed by atoms with Crippen molar-refractivity contribution in [1.29, 1.82) is 0 Å². The molecular weight excluding hydrogens is 500 g/mol. The second-order valence-electron chi connectivity index (χ2n) is 8.74. The van der Waals surface area contributed by atoms with Crippen molar-refractivity contribution >= 4 is 34.7 Å². The average Bonchev–Trinajstić information content (AvgIpc) is 3.36. The van der Waals surface area contributed by atoms with Gasteiger partial charge in [-0.15, -0.1) is 0 Å². The van der Waals surface area contributed by atoms with Gasteiger partial charge in [0.25, 0.3) is 17.5 Å². The van der Waals surface area contributed by atoms with Gasteiger partial charge >= 0.3 is 0 Å². The Balaban J connectivity index is 1.58. The Bertz CT molecular complexity index is 1610. The van der Waals surface area contributed by atoms with E-state index in [4.69, 9.17) is 4.74 Å². The summed E-state index contributed by atoms with van der Waals surface area (Å²) in [6, 6.07) is 21.1. The van der Waals surface area contributed by atoms with Crippen molar-refractivity contribution in [2.75, 3.05) is 23.1 Å². The molecular formula is C28H24N6O5. The molecule has 1 aliphatic heterocycles. The molecule has 0 saturated heterocycles. The van der Waals surface area contributed by atoms with Gasteiger partial charge in [0.15, 0.2) is 0 Å². The number of benzene rings is 3. The van der Waals surface area contributed by atoms with E-state index in [1.165, 1.54) is 30.1 Å². The third-order valence-corrected chi connectivity index (χ3v) is 6.30. The van der Waals surface area contributed by atoms with Crippen LogP contribution in [0.4, 0.5) is 22.9 Å². The summed E-state index contributed by atoms with van der Waals surface area (Å²) in [4.78, 5) is 37.9. The first-order valence-electron chi connectivity index (χ1n) is 12.0. The maximum absolute atomic E-state index is 13.7. The number of amides is 2. The average molecular weight is 525 g/mol. The van der Waals surface area contributed by atoms with Gasteiger partial charge in [-0.05, 0) is 36.8 Å². The number of nitrogens with zero attached hydrogens (tertiary/aromatic N) is 3. The summed E-state index contributed by atoms with van der Waals surface area (Å²) in [6.07, 6.45) is 1.40. The molecule has 11 heteroatoms. The van der Waals surface area contributed by atoms with Crippen LogP contribution in [0.1, 0.15) is 28.9 Å². The number of rotatable bonds is 7. The number of aromatic nitrogens is 2. The number of nitro groups is 1. The van der Waals surface area contributed by atoms with Gasteiger partial charge in [-0.2, -0.15) is 5.10 Å². The number of carbonyl (C=O) groups is 2. The Morgan fingerprint density at radius 3 is 2.49 bits per heavy atom. The van der Waals surface area contributed by atoms with Gasteiger partial charge in [-0.1, -0.05) is 42.5 Å². The number of hydrogen-bond acceptors (Lipinski definition) is 7. The Morgan fingerprint density at radius 1 is 1.00 bits per heavy atom. The fourth-order valence-electron chi connectivity index (χ4n) is 4.49. The number of allylic oxidation sites excluding steroid dienone is 1. The SMILES string of the molecule is COc1ccccc1NC(=O)C1=C(C)Nc2c(C(=O)Nc3ccccc3)cnn2C1c1cccc([N+](=O)[O-])c1. The molecule has 3 aromatic carbocycles. The number of anilines is 3. The highest BCUT2D eigenvalue weighted by Crippen LogP contribution is 2.39. The quantitative estimate of drug-likeness (QED) is 0.229. The first-order chi connectivity index (χ1) is 18.9. The van der Waals surface area contributed by atoms with E-state index >= 15 is 0 Å². The third kappa shape index (κ3) is 4.92. The molecule has 0 saturated carbocycles. The highest BCUT2D eigenvalue weighted by molar-refractivity contribution is 6.09. The predicted molar refractivity (Wildman–Crippen MR) is 146 cm³/mol. The van der Waals surface area contributed by atoms with E-state index in [0.717, 1.165) is 0 Å². The zero-order valence-electron chi connectivity index (χ0n) is 21.0. The zero-order chi connectivity index (χ0) is 27.5. The van der Waals surface area contributed by atoms with Crippen molar-refractivity contribution in [3.8, 4) is 5.75 Å². The minimum atomic E-state index is -0.867. The van der Waals surface area contributed by atoms with Crippen molar-refractivity contribution in [2.45, 2.75) is 13.0 Å². The lowest BCUT2D eigenvalue weighted by Crippen LogP contribution is -2.32. The van der Waals surface area contributed by atoms with Crippen LogP contribution in [0, 0.1) is 10.1 Å². The molecule has 1 aromatic heterocycles. The van der Waals surface area contributed by atoms with Crippen LogP contribution < -0.4 is 20.7 Å². The number of non-ortho nitro benzene ring substituents is 1. The highest BCUT2D eigenvalue weighted by atomic mass is 16.6. The largest absolute Gasteiger partial charge is 0.495 e. The molecule has 0 spiro atoms. The van der Waals surface area contributed by atoms with Crippen LogP contribution in [-0.2, 0) is 4.79 Å². The second kappa shape index (κ2) is 10.5. The number of methoxy groups -OCH3 is 1. The second-order valence-corrected chi connectivity index (χ2v) is 8.74. The molecule has 3 N–H and O–H groups in total. The number of para-hydroxylation sites is 3. The first-order valence-corrected chi connectivity index (χ1v) is 12.0. The van der Waals surface area contributed by atoms with Crippen molar-refractivity contribution < 1.29 is 19.2 Å². The van der Waals surface area contributed by atoms with E-state index in [1.807, 2.05) is 6.07 Å². The molecule has 39 heavy (non-hydrogen) atoms. The summed E-state index contributed by atoms with van der Waals surface area (Å²) in [7, 11) is 1.50. The van der Waals surface area contributed by atoms with Crippen LogP contribution in [0.5, 0.6) is 5.75 Å². The molecule has 0 aliphatic carbocycles. The maximum atomic E-state index is 13.7. The Kier molecular flexibility index (Phi) is 6.79. The summed E-state index contributed by atoms with van der Waals surface area (Å²) in [6.45, 7) is 1.71. The van der Waals surface area contributed by atoms with E-state index in [-0.39, 0.29) is 16.8 Å². The van der Waals surface area contributed by atoms with Gasteiger partial charge in [0, 0.05) is 23.5 Å². The van der Waals surface area contributed by atoms with E-state index in [0.29, 0.717) is 34.2 Å². The third-order valence-electron chi connectivity index (χ3n) is 6.30. The van der Waals surface area contributed by atoms with Crippen molar-refractivity contribution in [3.05, 3.63) is 118 Å². The van der Waals surface area contributed by atoms with Crippen molar-refractivity contribution in [1.82, 2.24) is 9.78 Å². The van der Waals surface area contributed by atoms with Crippen LogP contribution in [0.3, 0.4) is 0 Å². The molecule has 2 amide bonds. The lowest BCUT2D eigenvalue weighted by atomic mass is 9.94. The smallest absolute Gasteiger partial charge is 0.269 e. The number of hydrogen-bond donors (Lipinski definition) is 3. The van der Waals surface area contributed by atoms with Crippen molar-refractivity contribution in [2.24, 2.45) is 0 Å². The van der Waals surface area contributed by atoms with E-state index in [1.54, 1.807) is 67.6 Å². The van der Waals surface area contributed by atoms with Crippen molar-refractivity contribution in [3.63, 3.8) is 0 Å². The van der Waals surface area contributed by atoms with Crippen LogP contribution in [0.25, 0.3) is 0 Å². The van der Waals surface area contributed by atoms with Crippen LogP contribution in [-0.4, -0.2) is 33.6 Å². The van der Waals surface area contributed by atoms with Gasteiger partial charge in [0.2, 0.25) is 0 Å². The molecule has 196 valence electrons. The fourth-order valence-corrected chi connectivity index (χ4v) is 4.49. The standard InChI is InChI=1S/C28H24N6O5/c1-17-24(28(36)32-22-13-6-7-14-23(22)39-2)25(18-9-8-12-20(15-18)34(37)38)33-26(30-17)21(16-29-33)27(35)31-19-10-4-3-5-11-19/h3-16,25,30H,1-2H3,(H,31,35)(H,32,36). The zero-order valence-corrected chi connectivity index (χ0v) is 21.0. The summed E-state index contributed by atoms with van der Waals surface area (Å²) in [5.41, 5.74) is 2.36. The molecule has 1 unspecified atom stereocenters. The predicted octanol–water partition coefficient (Wildman–Crippen LogP) is 4.98. The van der Waals surface area contributed by atoms with Gasteiger partial charge in [0.1, 0.15) is 23.2 Å². The van der Waals surface area contributed by atoms with Crippen LogP contribution in [0.2, 0.25) is 0 Å². The highest BCUT2D eigenvalue weighted by Gasteiger charge is 2.36. The number of nitrogens with one attached hydrogen (secondary N) is 3. The Labute approximate surface area is 223 Å². The molecule has 1 atom stereocenters. The number of carbonyl (C=O) groups excluding carboxylic acids is 2. The lowest BCUT2D eigenvalue weighted by molar-refractivity contribution is -0.384. The topological polar surface area (TPSA) is 140 Å². The van der Waals surface area contributed by atoms with Gasteiger partial charge in [-0.25, -0.2) is 4.68 Å². The molecule has 1 aliphatic rings. The fraction of sp³-hybridized carbons (Fsp3) is 0.107. The van der Waals surface area contributed by atoms with Gasteiger partial charge < -0.3 is 20.7 Å². The molecule has 11 nitrogen and oxygen atoms in total. The molecule has 2 heterocycles. The molecule has 5 rings (SSSR count). The molecule has 0 bridgehead atoms. The normalized spacial score (nSPS) is 14.2. The van der Waals surface area contributed by atoms with E-state index in [2.05, 4.69) is 21.0 Å². The minimum absolute atomic E-state index is 0.135. The summed E-state index contributed by atoms with van der Waals surface area (Å²) in [5.74, 6) is -0.0365. The van der Waals surface area contributed by atoms with Gasteiger partial charge in [-0.3, -0.25) is 19.7 Å². The summed E-state index contributed by atoms with van der Waals surface area (Å²) >= 11 is 0. The van der Waals surface area contributed by atoms with E-state index < -0.39 is 22.8 Å². The first kappa shape index (κ1) is 25.2. The monoisotopic (exact) mass is 524 g/mol. The van der Waals surface area contributed by atoms with Gasteiger partial charge in [0.05, 0.1) is 29.5 Å². The molecule has 0 fully saturated rings. The Morgan fingerprint density at radius 2 is 1.74 bits per heavy atom. The summed E-state index contributed by atoms with van der Waals surface area (Å²) in [5, 5.41) is 24.9. The molecule has 0 radical (unpaired) electrons. The maximum Gasteiger partial charge on any atom is 0.269 e. The van der Waals surface area contributed by atoms with Crippen LogP contribution >= 0.6 is 0 Å². The number of fused-ring (bicyclic) bond motifs is 1. The summed E-state index contributed by atoms with van der Waals surface area (Å²) < 4.78 is 6.85. The minimum Gasteiger partial charge on any atom is -0.495 e. The number of ether oxygens (including phenoxy) is 1. The number of nitro benzene ring substituents is 1.